The highest BCUT2D eigenvalue weighted by Gasteiger charge is 2.09. The third-order valence-electron chi connectivity index (χ3n) is 3.24. The van der Waals surface area contributed by atoms with Crippen molar-refractivity contribution in [3.05, 3.63) is 29.6 Å². The number of unbranched alkanes of at least 4 members (excludes halogenated alkanes) is 1. The molecule has 5 heteroatoms. The Kier molecular flexibility index (Phi) is 5.98. The third-order valence-corrected chi connectivity index (χ3v) is 3.87. The molecule has 0 aliphatic carbocycles. The quantitative estimate of drug-likeness (QED) is 0.418. The molecule has 0 amide bonds. The van der Waals surface area contributed by atoms with Crippen molar-refractivity contribution in [2.24, 2.45) is 0 Å². The molecule has 108 valence electrons. The van der Waals surface area contributed by atoms with E-state index in [9.17, 15) is 0 Å². The van der Waals surface area contributed by atoms with E-state index in [1.807, 2.05) is 18.2 Å². The van der Waals surface area contributed by atoms with Crippen LogP contribution in [0.25, 0.3) is 11.0 Å². The smallest absolute Gasteiger partial charge is 0.0910 e. The molecule has 0 aliphatic heterocycles. The Morgan fingerprint density at radius 2 is 1.50 bits per heavy atom. The number of nitrogens with two attached hydrogens (primary N) is 1. The van der Waals surface area contributed by atoms with Gasteiger partial charge in [0.15, 0.2) is 0 Å². The van der Waals surface area contributed by atoms with Gasteiger partial charge in [0.25, 0.3) is 0 Å². The molecular weight excluding hydrogens is 286 g/mol. The van der Waals surface area contributed by atoms with Gasteiger partial charge in [-0.05, 0) is 61.8 Å². The molecule has 1 aromatic heterocycles. The Morgan fingerprint density at radius 3 is 2.20 bits per heavy atom. The van der Waals surface area contributed by atoms with Crippen LogP contribution in [-0.4, -0.2) is 21.5 Å². The van der Waals surface area contributed by atoms with Crippen molar-refractivity contribution in [3.63, 3.8) is 0 Å². The van der Waals surface area contributed by atoms with E-state index in [1.165, 1.54) is 0 Å². The van der Waals surface area contributed by atoms with Crippen molar-refractivity contribution in [1.82, 2.24) is 9.97 Å². The molecule has 2 aromatic rings. The van der Waals surface area contributed by atoms with Crippen LogP contribution in [0.3, 0.4) is 0 Å². The van der Waals surface area contributed by atoms with E-state index in [-0.39, 0.29) is 0 Å². The summed E-state index contributed by atoms with van der Waals surface area (Å²) in [6.07, 6.45) is 5.12. The lowest BCUT2D eigenvalue weighted by Crippen LogP contribution is -2.04. The van der Waals surface area contributed by atoms with Crippen molar-refractivity contribution >= 4 is 42.0 Å². The number of aryl methyl sites for hydroxylation is 2. The fourth-order valence-corrected chi connectivity index (χ4v) is 2.58. The fraction of sp³-hybridized carbons (Fsp3) is 0.467. The lowest BCUT2D eigenvalue weighted by molar-refractivity contribution is 0.758. The van der Waals surface area contributed by atoms with E-state index in [0.29, 0.717) is 0 Å². The standard InChI is InChI=1S/C15H21N3S2/c16-11-6-7-14-15(10-11)18-12(4-1-2-8-19)13(17-14)5-3-9-20/h6-7,10,19-20H,1-5,8-9,16H2. The maximum Gasteiger partial charge on any atom is 0.0910 e. The van der Waals surface area contributed by atoms with Gasteiger partial charge in [0.1, 0.15) is 0 Å². The predicted molar refractivity (Wildman–Crippen MR) is 92.9 cm³/mol. The lowest BCUT2D eigenvalue weighted by Gasteiger charge is -2.10. The van der Waals surface area contributed by atoms with Gasteiger partial charge in [0.05, 0.1) is 22.4 Å². The SMILES string of the molecule is Nc1ccc2nc(CCCS)c(CCCCS)nc2c1. The number of thiol groups is 2. The van der Waals surface area contributed by atoms with E-state index in [4.69, 9.17) is 15.7 Å². The van der Waals surface area contributed by atoms with Crippen LogP contribution in [0.5, 0.6) is 0 Å². The highest BCUT2D eigenvalue weighted by atomic mass is 32.1. The van der Waals surface area contributed by atoms with Crippen molar-refractivity contribution in [1.29, 1.82) is 0 Å². The molecule has 0 aliphatic rings. The molecule has 0 radical (unpaired) electrons. The summed E-state index contributed by atoms with van der Waals surface area (Å²) in [5, 5.41) is 0. The van der Waals surface area contributed by atoms with Gasteiger partial charge in [-0.2, -0.15) is 25.3 Å². The zero-order chi connectivity index (χ0) is 14.4. The van der Waals surface area contributed by atoms with E-state index in [0.717, 1.165) is 71.7 Å². The first-order valence-corrected chi connectivity index (χ1v) is 8.28. The van der Waals surface area contributed by atoms with Crippen LogP contribution in [0.4, 0.5) is 5.69 Å². The number of nitrogens with zero attached hydrogens (tertiary/aromatic N) is 2. The van der Waals surface area contributed by atoms with E-state index >= 15 is 0 Å². The van der Waals surface area contributed by atoms with Crippen molar-refractivity contribution in [3.8, 4) is 0 Å². The maximum atomic E-state index is 5.83. The van der Waals surface area contributed by atoms with Crippen LogP contribution in [0, 0.1) is 0 Å². The summed E-state index contributed by atoms with van der Waals surface area (Å²) >= 11 is 8.54. The number of hydrogen-bond acceptors (Lipinski definition) is 5. The molecule has 2 N–H and O–H groups in total. The summed E-state index contributed by atoms with van der Waals surface area (Å²) < 4.78 is 0. The Hall–Kier alpha value is -0.940. The summed E-state index contributed by atoms with van der Waals surface area (Å²) in [6, 6.07) is 5.71. The first-order chi connectivity index (χ1) is 9.74. The van der Waals surface area contributed by atoms with Crippen LogP contribution >= 0.6 is 25.3 Å². The molecule has 3 nitrogen and oxygen atoms in total. The first-order valence-electron chi connectivity index (χ1n) is 7.01. The van der Waals surface area contributed by atoms with Gasteiger partial charge in [0, 0.05) is 5.69 Å². The molecule has 20 heavy (non-hydrogen) atoms. The highest BCUT2D eigenvalue weighted by Crippen LogP contribution is 2.18. The summed E-state index contributed by atoms with van der Waals surface area (Å²) in [5.74, 6) is 1.79. The van der Waals surface area contributed by atoms with Gasteiger partial charge in [-0.3, -0.25) is 0 Å². The molecule has 0 spiro atoms. The molecular formula is C15H21N3S2. The predicted octanol–water partition coefficient (Wildman–Crippen LogP) is 3.33. The van der Waals surface area contributed by atoms with Gasteiger partial charge in [-0.25, -0.2) is 9.97 Å². The Bertz CT molecular complexity index is 572. The number of fused-ring (bicyclic) bond motifs is 1. The van der Waals surface area contributed by atoms with Crippen LogP contribution < -0.4 is 5.73 Å². The Labute approximate surface area is 131 Å². The molecule has 1 aromatic carbocycles. The Balaban J connectivity index is 2.32. The molecule has 0 saturated heterocycles. The second kappa shape index (κ2) is 7.74. The molecule has 1 heterocycles. The monoisotopic (exact) mass is 307 g/mol. The summed E-state index contributed by atoms with van der Waals surface area (Å²) in [5.41, 5.74) is 10.6. The van der Waals surface area contributed by atoms with Gasteiger partial charge in [-0.15, -0.1) is 0 Å². The highest BCUT2D eigenvalue weighted by molar-refractivity contribution is 7.80. The second-order valence-corrected chi connectivity index (χ2v) is 5.77. The van der Waals surface area contributed by atoms with Crippen LogP contribution in [0.2, 0.25) is 0 Å². The molecule has 0 saturated carbocycles. The largest absolute Gasteiger partial charge is 0.399 e. The van der Waals surface area contributed by atoms with Crippen LogP contribution in [0.1, 0.15) is 30.7 Å². The molecule has 0 fully saturated rings. The summed E-state index contributed by atoms with van der Waals surface area (Å²) in [7, 11) is 0. The van der Waals surface area contributed by atoms with Gasteiger partial charge in [0.2, 0.25) is 0 Å². The van der Waals surface area contributed by atoms with Gasteiger partial charge < -0.3 is 5.73 Å². The normalized spacial score (nSPS) is 11.1. The number of anilines is 1. The number of hydrogen-bond donors (Lipinski definition) is 3. The zero-order valence-electron chi connectivity index (χ0n) is 11.5. The zero-order valence-corrected chi connectivity index (χ0v) is 13.3. The van der Waals surface area contributed by atoms with E-state index < -0.39 is 0 Å². The minimum Gasteiger partial charge on any atom is -0.399 e. The van der Waals surface area contributed by atoms with Gasteiger partial charge in [-0.1, -0.05) is 0 Å². The number of rotatable bonds is 7. The minimum absolute atomic E-state index is 0.733. The number of aromatic nitrogens is 2. The minimum atomic E-state index is 0.733. The number of benzene rings is 1. The molecule has 0 unspecified atom stereocenters. The van der Waals surface area contributed by atoms with E-state index in [1.54, 1.807) is 0 Å². The average molecular weight is 307 g/mol. The Morgan fingerprint density at radius 1 is 0.850 bits per heavy atom. The third kappa shape index (κ3) is 4.03. The van der Waals surface area contributed by atoms with Crippen LogP contribution in [-0.2, 0) is 12.8 Å². The molecule has 2 rings (SSSR count). The van der Waals surface area contributed by atoms with Crippen molar-refractivity contribution in [2.75, 3.05) is 17.2 Å². The second-order valence-electron chi connectivity index (χ2n) is 4.87. The summed E-state index contributed by atoms with van der Waals surface area (Å²) in [6.45, 7) is 0. The van der Waals surface area contributed by atoms with Crippen molar-refractivity contribution in [2.45, 2.75) is 32.1 Å². The van der Waals surface area contributed by atoms with Crippen LogP contribution in [0.15, 0.2) is 18.2 Å². The van der Waals surface area contributed by atoms with Crippen molar-refractivity contribution < 1.29 is 0 Å². The summed E-state index contributed by atoms with van der Waals surface area (Å²) in [4.78, 5) is 9.53. The van der Waals surface area contributed by atoms with Gasteiger partial charge >= 0.3 is 0 Å². The topological polar surface area (TPSA) is 51.8 Å². The maximum absolute atomic E-state index is 5.83. The first kappa shape index (κ1) is 15.4. The molecule has 0 bridgehead atoms. The average Bonchev–Trinajstić information content (AvgIpc) is 2.45. The number of nitrogen functional groups attached to an aromatic ring is 1. The fourth-order valence-electron chi connectivity index (χ4n) is 2.20. The molecule has 0 atom stereocenters. The lowest BCUT2D eigenvalue weighted by atomic mass is 10.1. The van der Waals surface area contributed by atoms with E-state index in [2.05, 4.69) is 25.3 Å².